The molecular formula is C17H33N3O2. The molecule has 1 aliphatic heterocycles. The summed E-state index contributed by atoms with van der Waals surface area (Å²) in [5.74, 6) is 0.335. The summed E-state index contributed by atoms with van der Waals surface area (Å²) in [7, 11) is 0. The van der Waals surface area contributed by atoms with E-state index in [2.05, 4.69) is 29.4 Å². The van der Waals surface area contributed by atoms with Crippen molar-refractivity contribution in [1.29, 1.82) is 0 Å². The largest absolute Gasteiger partial charge is 0.396 e. The number of amides is 2. The highest BCUT2D eigenvalue weighted by Gasteiger charge is 2.28. The molecule has 3 N–H and O–H groups in total. The Morgan fingerprint density at radius 1 is 1.18 bits per heavy atom. The summed E-state index contributed by atoms with van der Waals surface area (Å²) in [4.78, 5) is 14.7. The summed E-state index contributed by atoms with van der Waals surface area (Å²) in [5, 5.41) is 15.2. The Labute approximate surface area is 134 Å². The van der Waals surface area contributed by atoms with Crippen LogP contribution in [-0.4, -0.2) is 53.9 Å². The molecule has 2 aliphatic rings. The fourth-order valence-corrected chi connectivity index (χ4v) is 3.79. The fraction of sp³-hybridized carbons (Fsp3) is 0.941. The lowest BCUT2D eigenvalue weighted by molar-refractivity contribution is 0.145. The quantitative estimate of drug-likeness (QED) is 0.704. The molecule has 1 atom stereocenters. The van der Waals surface area contributed by atoms with Gasteiger partial charge in [-0.25, -0.2) is 4.79 Å². The Bertz CT molecular complexity index is 335. The van der Waals surface area contributed by atoms with Crippen LogP contribution in [0.15, 0.2) is 0 Å². The lowest BCUT2D eigenvalue weighted by atomic mass is 10.0. The highest BCUT2D eigenvalue weighted by atomic mass is 16.3. The van der Waals surface area contributed by atoms with Crippen LogP contribution < -0.4 is 10.6 Å². The van der Waals surface area contributed by atoms with Crippen molar-refractivity contribution in [2.24, 2.45) is 5.92 Å². The second-order valence-corrected chi connectivity index (χ2v) is 7.23. The van der Waals surface area contributed by atoms with Crippen molar-refractivity contribution in [3.63, 3.8) is 0 Å². The fourth-order valence-electron chi connectivity index (χ4n) is 3.79. The summed E-state index contributed by atoms with van der Waals surface area (Å²) in [6, 6.07) is 1.05. The topological polar surface area (TPSA) is 64.6 Å². The van der Waals surface area contributed by atoms with Crippen LogP contribution in [0, 0.1) is 5.92 Å². The lowest BCUT2D eigenvalue weighted by Crippen LogP contribution is -2.52. The molecule has 0 spiro atoms. The van der Waals surface area contributed by atoms with E-state index >= 15 is 0 Å². The second-order valence-electron chi connectivity index (χ2n) is 7.23. The molecule has 128 valence electrons. The van der Waals surface area contributed by atoms with Crippen molar-refractivity contribution in [3.8, 4) is 0 Å². The number of urea groups is 1. The van der Waals surface area contributed by atoms with E-state index in [1.807, 2.05) is 0 Å². The van der Waals surface area contributed by atoms with Gasteiger partial charge in [-0.3, -0.25) is 0 Å². The Hall–Kier alpha value is -0.810. The van der Waals surface area contributed by atoms with Gasteiger partial charge in [0.15, 0.2) is 0 Å². The average Bonchev–Trinajstić information content (AvgIpc) is 3.01. The number of aliphatic hydroxyl groups is 1. The molecule has 1 unspecified atom stereocenters. The SMILES string of the molecule is CC(C)C(CCO)NC(=O)NC1CCN(C2CCCC2)CC1. The number of carbonyl (C=O) groups is 1. The van der Waals surface area contributed by atoms with Gasteiger partial charge >= 0.3 is 6.03 Å². The molecule has 1 heterocycles. The molecule has 1 saturated carbocycles. The van der Waals surface area contributed by atoms with E-state index in [-0.39, 0.29) is 18.7 Å². The van der Waals surface area contributed by atoms with Crippen LogP contribution in [-0.2, 0) is 0 Å². The highest BCUT2D eigenvalue weighted by Crippen LogP contribution is 2.26. The van der Waals surface area contributed by atoms with Crippen molar-refractivity contribution < 1.29 is 9.90 Å². The first-order valence-electron chi connectivity index (χ1n) is 9.02. The van der Waals surface area contributed by atoms with Gasteiger partial charge in [-0.15, -0.1) is 0 Å². The van der Waals surface area contributed by atoms with Crippen LogP contribution in [0.4, 0.5) is 4.79 Å². The van der Waals surface area contributed by atoms with Gasteiger partial charge in [-0.05, 0) is 38.0 Å². The number of nitrogens with one attached hydrogen (secondary N) is 2. The first-order chi connectivity index (χ1) is 10.6. The third-order valence-electron chi connectivity index (χ3n) is 5.27. The van der Waals surface area contributed by atoms with E-state index in [0.29, 0.717) is 18.4 Å². The molecule has 2 rings (SSSR count). The molecule has 1 saturated heterocycles. The van der Waals surface area contributed by atoms with E-state index in [9.17, 15) is 4.79 Å². The van der Waals surface area contributed by atoms with Crippen LogP contribution in [0.5, 0.6) is 0 Å². The van der Waals surface area contributed by atoms with Gasteiger partial charge < -0.3 is 20.6 Å². The maximum atomic E-state index is 12.1. The van der Waals surface area contributed by atoms with E-state index < -0.39 is 0 Å². The molecule has 0 aromatic heterocycles. The number of hydrogen-bond donors (Lipinski definition) is 3. The summed E-state index contributed by atoms with van der Waals surface area (Å²) in [6.45, 7) is 6.48. The molecule has 2 fully saturated rings. The zero-order valence-electron chi connectivity index (χ0n) is 14.2. The van der Waals surface area contributed by atoms with Crippen LogP contribution in [0.1, 0.15) is 58.8 Å². The molecule has 0 aromatic carbocycles. The Kier molecular flexibility index (Phi) is 6.96. The number of hydrogen-bond acceptors (Lipinski definition) is 3. The molecule has 0 bridgehead atoms. The van der Waals surface area contributed by atoms with Crippen molar-refractivity contribution in [2.45, 2.75) is 76.9 Å². The number of piperidine rings is 1. The predicted molar refractivity (Wildman–Crippen MR) is 88.8 cm³/mol. The van der Waals surface area contributed by atoms with E-state index in [0.717, 1.165) is 32.0 Å². The van der Waals surface area contributed by atoms with Gasteiger partial charge in [0, 0.05) is 37.8 Å². The molecule has 0 radical (unpaired) electrons. The third-order valence-corrected chi connectivity index (χ3v) is 5.27. The Morgan fingerprint density at radius 2 is 1.82 bits per heavy atom. The van der Waals surface area contributed by atoms with Crippen LogP contribution >= 0.6 is 0 Å². The number of nitrogens with zero attached hydrogens (tertiary/aromatic N) is 1. The van der Waals surface area contributed by atoms with Crippen LogP contribution in [0.3, 0.4) is 0 Å². The molecule has 5 heteroatoms. The molecular weight excluding hydrogens is 278 g/mol. The normalized spacial score (nSPS) is 22.9. The minimum atomic E-state index is -0.0773. The first kappa shape index (κ1) is 17.5. The smallest absolute Gasteiger partial charge is 0.315 e. The van der Waals surface area contributed by atoms with Gasteiger partial charge in [0.1, 0.15) is 0 Å². The summed E-state index contributed by atoms with van der Waals surface area (Å²) >= 11 is 0. The first-order valence-corrected chi connectivity index (χ1v) is 9.02. The van der Waals surface area contributed by atoms with Crippen LogP contribution in [0.2, 0.25) is 0 Å². The maximum absolute atomic E-state index is 12.1. The standard InChI is InChI=1S/C17H33N3O2/c1-13(2)16(9-12-21)19-17(22)18-14-7-10-20(11-8-14)15-5-3-4-6-15/h13-16,21H,3-12H2,1-2H3,(H2,18,19,22). The minimum Gasteiger partial charge on any atom is -0.396 e. The Balaban J connectivity index is 1.69. The maximum Gasteiger partial charge on any atom is 0.315 e. The molecule has 5 nitrogen and oxygen atoms in total. The van der Waals surface area contributed by atoms with Crippen molar-refractivity contribution in [2.75, 3.05) is 19.7 Å². The monoisotopic (exact) mass is 311 g/mol. The number of rotatable bonds is 6. The van der Waals surface area contributed by atoms with Gasteiger partial charge in [0.2, 0.25) is 0 Å². The molecule has 0 aromatic rings. The van der Waals surface area contributed by atoms with Crippen LogP contribution in [0.25, 0.3) is 0 Å². The van der Waals surface area contributed by atoms with Gasteiger partial charge in [0.25, 0.3) is 0 Å². The van der Waals surface area contributed by atoms with Gasteiger partial charge in [0.05, 0.1) is 0 Å². The highest BCUT2D eigenvalue weighted by molar-refractivity contribution is 5.74. The average molecular weight is 311 g/mol. The molecule has 2 amide bonds. The number of carbonyl (C=O) groups excluding carboxylic acids is 1. The third kappa shape index (κ3) is 5.13. The van der Waals surface area contributed by atoms with Crippen molar-refractivity contribution in [1.82, 2.24) is 15.5 Å². The van der Waals surface area contributed by atoms with Gasteiger partial charge in [-0.1, -0.05) is 26.7 Å². The van der Waals surface area contributed by atoms with Crippen molar-refractivity contribution in [3.05, 3.63) is 0 Å². The number of likely N-dealkylation sites (tertiary alicyclic amines) is 1. The summed E-state index contributed by atoms with van der Waals surface area (Å²) in [6.07, 6.45) is 8.20. The zero-order chi connectivity index (χ0) is 15.9. The number of aliphatic hydroxyl groups excluding tert-OH is 1. The minimum absolute atomic E-state index is 0.0450. The van der Waals surface area contributed by atoms with E-state index in [4.69, 9.17) is 5.11 Å². The van der Waals surface area contributed by atoms with Crippen molar-refractivity contribution >= 4 is 6.03 Å². The predicted octanol–water partition coefficient (Wildman–Crippen LogP) is 2.10. The zero-order valence-corrected chi connectivity index (χ0v) is 14.2. The van der Waals surface area contributed by atoms with E-state index in [1.54, 1.807) is 0 Å². The Morgan fingerprint density at radius 3 is 2.36 bits per heavy atom. The second kappa shape index (κ2) is 8.73. The molecule has 22 heavy (non-hydrogen) atoms. The summed E-state index contributed by atoms with van der Waals surface area (Å²) < 4.78 is 0. The van der Waals surface area contributed by atoms with Gasteiger partial charge in [-0.2, -0.15) is 0 Å². The lowest BCUT2D eigenvalue weighted by Gasteiger charge is -2.36. The summed E-state index contributed by atoms with van der Waals surface area (Å²) in [5.41, 5.74) is 0. The molecule has 1 aliphatic carbocycles. The van der Waals surface area contributed by atoms with E-state index in [1.165, 1.54) is 25.7 Å².